The smallest absolute Gasteiger partial charge is 0.220 e. The Morgan fingerprint density at radius 3 is 2.61 bits per heavy atom. The van der Waals surface area contributed by atoms with Crippen molar-refractivity contribution in [3.8, 4) is 5.75 Å². The lowest BCUT2D eigenvalue weighted by Crippen LogP contribution is -2.27. The van der Waals surface area contributed by atoms with E-state index in [4.69, 9.17) is 0 Å². The number of pyridine rings is 1. The molecule has 1 unspecified atom stereocenters. The highest BCUT2D eigenvalue weighted by atomic mass is 19.1. The van der Waals surface area contributed by atoms with Crippen molar-refractivity contribution in [2.45, 2.75) is 32.4 Å². The zero-order chi connectivity index (χ0) is 21.8. The average Bonchev–Trinajstić information content (AvgIpc) is 3.11. The van der Waals surface area contributed by atoms with Gasteiger partial charge in [0.25, 0.3) is 0 Å². The van der Waals surface area contributed by atoms with Crippen LogP contribution in [0.4, 0.5) is 4.39 Å². The van der Waals surface area contributed by atoms with Gasteiger partial charge in [0.15, 0.2) is 5.65 Å². The van der Waals surface area contributed by atoms with Crippen LogP contribution in [0.3, 0.4) is 0 Å². The molecular formula is C24H23FN4O2. The zero-order valence-electron chi connectivity index (χ0n) is 17.1. The number of amides is 1. The van der Waals surface area contributed by atoms with E-state index >= 15 is 0 Å². The molecule has 2 aromatic heterocycles. The molecule has 158 valence electrons. The van der Waals surface area contributed by atoms with Crippen molar-refractivity contribution in [3.05, 3.63) is 89.6 Å². The van der Waals surface area contributed by atoms with Gasteiger partial charge in [0.2, 0.25) is 5.91 Å². The molecule has 0 aliphatic heterocycles. The van der Waals surface area contributed by atoms with Crippen LogP contribution in [0.15, 0.2) is 66.9 Å². The van der Waals surface area contributed by atoms with Gasteiger partial charge in [0, 0.05) is 19.0 Å². The van der Waals surface area contributed by atoms with E-state index in [1.165, 1.54) is 12.1 Å². The second kappa shape index (κ2) is 8.95. The number of carbonyl (C=O) groups is 1. The van der Waals surface area contributed by atoms with Gasteiger partial charge in [-0.2, -0.15) is 0 Å². The second-order valence-corrected chi connectivity index (χ2v) is 7.47. The number of hydrogen-bond acceptors (Lipinski definition) is 4. The Bertz CT molecular complexity index is 1190. The van der Waals surface area contributed by atoms with Gasteiger partial charge in [-0.05, 0) is 54.4 Å². The molecule has 2 aromatic carbocycles. The molecule has 2 heterocycles. The highest BCUT2D eigenvalue weighted by molar-refractivity contribution is 5.77. The Hall–Kier alpha value is -3.74. The minimum absolute atomic E-state index is 0.104. The Morgan fingerprint density at radius 1 is 1.13 bits per heavy atom. The molecule has 0 aliphatic rings. The number of rotatable bonds is 7. The molecule has 6 nitrogen and oxygen atoms in total. The number of fused-ring (bicyclic) bond motifs is 1. The minimum atomic E-state index is -0.302. The summed E-state index contributed by atoms with van der Waals surface area (Å²) in [6.45, 7) is 2.41. The third-order valence-electron chi connectivity index (χ3n) is 5.18. The van der Waals surface area contributed by atoms with Crippen molar-refractivity contribution < 1.29 is 14.3 Å². The molecule has 0 radical (unpaired) electrons. The number of phenolic OH excluding ortho intramolecular Hbond substituents is 1. The molecule has 1 amide bonds. The SMILES string of the molecule is CC(NC(=O)CCc1nc2cccnc2n1Cc1ccc(O)cc1)c1ccc(F)cc1. The number of aryl methyl sites for hydroxylation is 1. The number of aromatic nitrogens is 3. The van der Waals surface area contributed by atoms with Crippen LogP contribution in [-0.2, 0) is 17.8 Å². The van der Waals surface area contributed by atoms with Crippen molar-refractivity contribution in [1.29, 1.82) is 0 Å². The van der Waals surface area contributed by atoms with E-state index in [1.54, 1.807) is 30.5 Å². The van der Waals surface area contributed by atoms with Gasteiger partial charge < -0.3 is 15.0 Å². The first-order valence-corrected chi connectivity index (χ1v) is 10.1. The highest BCUT2D eigenvalue weighted by Gasteiger charge is 2.15. The van der Waals surface area contributed by atoms with Crippen LogP contribution in [0.2, 0.25) is 0 Å². The van der Waals surface area contributed by atoms with Gasteiger partial charge in [-0.3, -0.25) is 4.79 Å². The molecule has 0 aliphatic carbocycles. The number of phenols is 1. The van der Waals surface area contributed by atoms with E-state index < -0.39 is 0 Å². The summed E-state index contributed by atoms with van der Waals surface area (Å²) in [5.74, 6) is 0.576. The van der Waals surface area contributed by atoms with Gasteiger partial charge in [-0.15, -0.1) is 0 Å². The third kappa shape index (κ3) is 4.88. The van der Waals surface area contributed by atoms with E-state index in [0.717, 1.165) is 28.1 Å². The number of aromatic hydroxyl groups is 1. The lowest BCUT2D eigenvalue weighted by molar-refractivity contribution is -0.121. The molecule has 2 N–H and O–H groups in total. The monoisotopic (exact) mass is 418 g/mol. The van der Waals surface area contributed by atoms with E-state index in [0.29, 0.717) is 13.0 Å². The molecule has 4 aromatic rings. The summed E-state index contributed by atoms with van der Waals surface area (Å²) in [5, 5.41) is 12.5. The maximum absolute atomic E-state index is 13.1. The maximum atomic E-state index is 13.1. The predicted octanol–water partition coefficient (Wildman–Crippen LogP) is 4.13. The van der Waals surface area contributed by atoms with Crippen LogP contribution in [0, 0.1) is 5.82 Å². The topological polar surface area (TPSA) is 80.0 Å². The van der Waals surface area contributed by atoms with Crippen molar-refractivity contribution in [2.75, 3.05) is 0 Å². The van der Waals surface area contributed by atoms with Gasteiger partial charge in [0.1, 0.15) is 22.9 Å². The number of benzene rings is 2. The van der Waals surface area contributed by atoms with Crippen molar-refractivity contribution in [3.63, 3.8) is 0 Å². The van der Waals surface area contributed by atoms with Crippen molar-refractivity contribution in [2.24, 2.45) is 0 Å². The molecule has 0 saturated heterocycles. The number of nitrogens with zero attached hydrogens (tertiary/aromatic N) is 3. The summed E-state index contributed by atoms with van der Waals surface area (Å²) in [5.41, 5.74) is 3.37. The van der Waals surface area contributed by atoms with Crippen LogP contribution in [0.25, 0.3) is 11.2 Å². The summed E-state index contributed by atoms with van der Waals surface area (Å²) in [6, 6.07) is 16.6. The summed E-state index contributed by atoms with van der Waals surface area (Å²) in [6.07, 6.45) is 2.44. The average molecular weight is 418 g/mol. The van der Waals surface area contributed by atoms with Crippen LogP contribution in [-0.4, -0.2) is 25.5 Å². The zero-order valence-corrected chi connectivity index (χ0v) is 17.1. The quantitative estimate of drug-likeness (QED) is 0.473. The molecule has 4 rings (SSSR count). The Morgan fingerprint density at radius 2 is 1.87 bits per heavy atom. The Labute approximate surface area is 179 Å². The van der Waals surface area contributed by atoms with Gasteiger partial charge in [-0.25, -0.2) is 14.4 Å². The standard InChI is InChI=1S/C24H23FN4O2/c1-16(18-6-8-19(25)9-7-18)27-23(31)13-12-22-28-21-3-2-14-26-24(21)29(22)15-17-4-10-20(30)11-5-17/h2-11,14,16,30H,12-13,15H2,1H3,(H,27,31). The first kappa shape index (κ1) is 20.5. The third-order valence-corrected chi connectivity index (χ3v) is 5.18. The predicted molar refractivity (Wildman–Crippen MR) is 116 cm³/mol. The van der Waals surface area contributed by atoms with Gasteiger partial charge >= 0.3 is 0 Å². The van der Waals surface area contributed by atoms with Gasteiger partial charge in [-0.1, -0.05) is 24.3 Å². The van der Waals surface area contributed by atoms with Crippen molar-refractivity contribution >= 4 is 17.1 Å². The van der Waals surface area contributed by atoms with E-state index in [9.17, 15) is 14.3 Å². The number of nitrogens with one attached hydrogen (secondary N) is 1. The summed E-state index contributed by atoms with van der Waals surface area (Å²) >= 11 is 0. The Balaban J connectivity index is 1.48. The lowest BCUT2D eigenvalue weighted by Gasteiger charge is -2.14. The lowest BCUT2D eigenvalue weighted by atomic mass is 10.1. The summed E-state index contributed by atoms with van der Waals surface area (Å²) in [7, 11) is 0. The number of hydrogen-bond donors (Lipinski definition) is 2. The molecule has 0 fully saturated rings. The molecular weight excluding hydrogens is 395 g/mol. The van der Waals surface area contributed by atoms with E-state index in [1.807, 2.05) is 35.8 Å². The molecule has 31 heavy (non-hydrogen) atoms. The van der Waals surface area contributed by atoms with Crippen LogP contribution < -0.4 is 5.32 Å². The number of imidazole rings is 1. The van der Waals surface area contributed by atoms with Crippen LogP contribution in [0.1, 0.15) is 36.3 Å². The molecule has 0 bridgehead atoms. The number of carbonyl (C=O) groups excluding carboxylic acids is 1. The summed E-state index contributed by atoms with van der Waals surface area (Å²) in [4.78, 5) is 21.7. The fourth-order valence-corrected chi connectivity index (χ4v) is 3.52. The molecule has 0 saturated carbocycles. The van der Waals surface area contributed by atoms with Crippen LogP contribution in [0.5, 0.6) is 5.75 Å². The molecule has 1 atom stereocenters. The number of halogens is 1. The van der Waals surface area contributed by atoms with Gasteiger partial charge in [0.05, 0.1) is 12.6 Å². The van der Waals surface area contributed by atoms with E-state index in [-0.39, 0.29) is 29.9 Å². The normalized spacial score (nSPS) is 12.1. The minimum Gasteiger partial charge on any atom is -0.508 e. The maximum Gasteiger partial charge on any atom is 0.220 e. The first-order chi connectivity index (χ1) is 15.0. The van der Waals surface area contributed by atoms with E-state index in [2.05, 4.69) is 15.3 Å². The molecule has 7 heteroatoms. The first-order valence-electron chi connectivity index (χ1n) is 10.1. The Kier molecular flexibility index (Phi) is 5.93. The van der Waals surface area contributed by atoms with Crippen LogP contribution >= 0.6 is 0 Å². The fourth-order valence-electron chi connectivity index (χ4n) is 3.52. The largest absolute Gasteiger partial charge is 0.508 e. The highest BCUT2D eigenvalue weighted by Crippen LogP contribution is 2.19. The fraction of sp³-hybridized carbons (Fsp3) is 0.208. The van der Waals surface area contributed by atoms with Crippen molar-refractivity contribution in [1.82, 2.24) is 19.9 Å². The summed E-state index contributed by atoms with van der Waals surface area (Å²) < 4.78 is 15.1. The molecule has 0 spiro atoms. The second-order valence-electron chi connectivity index (χ2n) is 7.47.